The predicted octanol–water partition coefficient (Wildman–Crippen LogP) is 1.87. The highest BCUT2D eigenvalue weighted by Crippen LogP contribution is 2.38. The van der Waals surface area contributed by atoms with Crippen molar-refractivity contribution in [2.75, 3.05) is 32.9 Å². The van der Waals surface area contributed by atoms with Crippen molar-refractivity contribution in [3.63, 3.8) is 0 Å². The van der Waals surface area contributed by atoms with E-state index in [1.54, 1.807) is 39.5 Å². The summed E-state index contributed by atoms with van der Waals surface area (Å²) in [5, 5.41) is 13.1. The van der Waals surface area contributed by atoms with Gasteiger partial charge < -0.3 is 19.3 Å². The average molecular weight is 390 g/mol. The van der Waals surface area contributed by atoms with Crippen molar-refractivity contribution in [3.05, 3.63) is 39.3 Å². The smallest absolute Gasteiger partial charge is 0.255 e. The summed E-state index contributed by atoms with van der Waals surface area (Å²) in [6, 6.07) is 3.54. The SMILES string of the molecule is CCCOc1c(OC)cc(/C=N\Nc2nc(C)c(CCO)c(=O)[nH]2)cc1OC. The van der Waals surface area contributed by atoms with Gasteiger partial charge in [0.2, 0.25) is 11.7 Å². The zero-order valence-electron chi connectivity index (χ0n) is 16.5. The van der Waals surface area contributed by atoms with Crippen LogP contribution in [0.4, 0.5) is 5.95 Å². The number of aliphatic hydroxyl groups is 1. The molecule has 152 valence electrons. The number of ether oxygens (including phenoxy) is 3. The van der Waals surface area contributed by atoms with Crippen molar-refractivity contribution in [1.82, 2.24) is 9.97 Å². The van der Waals surface area contributed by atoms with E-state index in [4.69, 9.17) is 19.3 Å². The van der Waals surface area contributed by atoms with Crippen LogP contribution in [0.1, 0.15) is 30.2 Å². The Labute approximate surface area is 163 Å². The molecule has 0 aliphatic carbocycles. The monoisotopic (exact) mass is 390 g/mol. The van der Waals surface area contributed by atoms with Crippen LogP contribution in [0.5, 0.6) is 17.2 Å². The van der Waals surface area contributed by atoms with E-state index in [0.29, 0.717) is 40.7 Å². The number of aromatic nitrogens is 2. The van der Waals surface area contributed by atoms with E-state index in [1.807, 2.05) is 6.92 Å². The van der Waals surface area contributed by atoms with Crippen LogP contribution < -0.4 is 25.2 Å². The van der Waals surface area contributed by atoms with Gasteiger partial charge in [0.05, 0.1) is 32.7 Å². The third-order valence-electron chi connectivity index (χ3n) is 3.90. The Hall–Kier alpha value is -3.07. The first kappa shape index (κ1) is 21.2. The summed E-state index contributed by atoms with van der Waals surface area (Å²) in [4.78, 5) is 18.9. The van der Waals surface area contributed by atoms with Crippen molar-refractivity contribution in [1.29, 1.82) is 0 Å². The van der Waals surface area contributed by atoms with Crippen LogP contribution in [-0.4, -0.2) is 48.7 Å². The number of hydrogen-bond acceptors (Lipinski definition) is 8. The summed E-state index contributed by atoms with van der Waals surface area (Å²) in [5.74, 6) is 1.82. The molecule has 0 unspecified atom stereocenters. The molecule has 0 spiro atoms. The molecule has 9 nitrogen and oxygen atoms in total. The van der Waals surface area contributed by atoms with Crippen LogP contribution >= 0.6 is 0 Å². The molecule has 0 aliphatic heterocycles. The van der Waals surface area contributed by atoms with E-state index in [1.165, 1.54) is 0 Å². The maximum absolute atomic E-state index is 12.0. The Kier molecular flexibility index (Phi) is 7.82. The summed E-state index contributed by atoms with van der Waals surface area (Å²) in [6.07, 6.45) is 2.66. The highest BCUT2D eigenvalue weighted by Gasteiger charge is 2.13. The first-order valence-electron chi connectivity index (χ1n) is 8.92. The maximum Gasteiger partial charge on any atom is 0.255 e. The lowest BCUT2D eigenvalue weighted by atomic mass is 10.2. The lowest BCUT2D eigenvalue weighted by molar-refractivity contribution is 0.275. The van der Waals surface area contributed by atoms with E-state index < -0.39 is 0 Å². The molecule has 2 aromatic rings. The summed E-state index contributed by atoms with van der Waals surface area (Å²) in [5.41, 5.74) is 4.09. The van der Waals surface area contributed by atoms with Gasteiger partial charge in [0.1, 0.15) is 0 Å². The standard InChI is InChI=1S/C19H26N4O5/c1-5-8-28-17-15(26-3)9-13(10-16(17)27-4)11-20-23-19-21-12(2)14(6-7-24)18(25)22-19/h9-11,24H,5-8H2,1-4H3,(H2,21,22,23,25)/b20-11-. The topological polar surface area (TPSA) is 118 Å². The second kappa shape index (κ2) is 10.3. The fourth-order valence-electron chi connectivity index (χ4n) is 2.56. The molecule has 0 atom stereocenters. The fraction of sp³-hybridized carbons (Fsp3) is 0.421. The molecule has 0 bridgehead atoms. The van der Waals surface area contributed by atoms with Gasteiger partial charge >= 0.3 is 0 Å². The minimum absolute atomic E-state index is 0.113. The number of aliphatic hydroxyl groups excluding tert-OH is 1. The summed E-state index contributed by atoms with van der Waals surface area (Å²) >= 11 is 0. The fourth-order valence-corrected chi connectivity index (χ4v) is 2.56. The molecular weight excluding hydrogens is 364 g/mol. The molecule has 0 fully saturated rings. The summed E-state index contributed by atoms with van der Waals surface area (Å²) in [6.45, 7) is 4.16. The number of aromatic amines is 1. The van der Waals surface area contributed by atoms with Crippen molar-refractivity contribution >= 4 is 12.2 Å². The first-order valence-corrected chi connectivity index (χ1v) is 8.92. The molecule has 0 radical (unpaired) electrons. The lowest BCUT2D eigenvalue weighted by Crippen LogP contribution is -2.19. The van der Waals surface area contributed by atoms with Crippen LogP contribution in [0.3, 0.4) is 0 Å². The molecule has 1 aromatic heterocycles. The van der Waals surface area contributed by atoms with Gasteiger partial charge in [-0.2, -0.15) is 5.10 Å². The largest absolute Gasteiger partial charge is 0.493 e. The summed E-state index contributed by atoms with van der Waals surface area (Å²) < 4.78 is 16.5. The van der Waals surface area contributed by atoms with Crippen molar-refractivity contribution in [3.8, 4) is 17.2 Å². The van der Waals surface area contributed by atoms with Crippen LogP contribution in [0.15, 0.2) is 22.0 Å². The molecule has 2 rings (SSSR count). The molecular formula is C19H26N4O5. The minimum Gasteiger partial charge on any atom is -0.493 e. The van der Waals surface area contributed by atoms with E-state index >= 15 is 0 Å². The van der Waals surface area contributed by atoms with E-state index in [9.17, 15) is 4.79 Å². The molecule has 0 saturated heterocycles. The van der Waals surface area contributed by atoms with Gasteiger partial charge in [-0.05, 0) is 25.5 Å². The van der Waals surface area contributed by atoms with Crippen molar-refractivity contribution < 1.29 is 19.3 Å². The second-order valence-electron chi connectivity index (χ2n) is 5.93. The maximum atomic E-state index is 12.0. The molecule has 28 heavy (non-hydrogen) atoms. The normalized spacial score (nSPS) is 10.9. The van der Waals surface area contributed by atoms with Gasteiger partial charge in [-0.1, -0.05) is 6.92 Å². The number of hydrazone groups is 1. The Morgan fingerprint density at radius 2 is 1.96 bits per heavy atom. The van der Waals surface area contributed by atoms with E-state index in [2.05, 4.69) is 20.5 Å². The van der Waals surface area contributed by atoms with Crippen molar-refractivity contribution in [2.45, 2.75) is 26.7 Å². The molecule has 3 N–H and O–H groups in total. The zero-order chi connectivity index (χ0) is 20.5. The highest BCUT2D eigenvalue weighted by atomic mass is 16.5. The number of nitrogens with one attached hydrogen (secondary N) is 2. The van der Waals surface area contributed by atoms with Crippen molar-refractivity contribution in [2.24, 2.45) is 5.10 Å². The van der Waals surface area contributed by atoms with Gasteiger partial charge in [0.15, 0.2) is 11.5 Å². The van der Waals surface area contributed by atoms with E-state index in [0.717, 1.165) is 6.42 Å². The number of methoxy groups -OCH3 is 2. The van der Waals surface area contributed by atoms with Gasteiger partial charge in [0, 0.05) is 24.2 Å². The molecule has 9 heteroatoms. The number of anilines is 1. The third-order valence-corrected chi connectivity index (χ3v) is 3.90. The lowest BCUT2D eigenvalue weighted by Gasteiger charge is -2.14. The molecule has 0 amide bonds. The molecule has 1 aromatic carbocycles. The number of aryl methyl sites for hydroxylation is 1. The number of hydrogen-bond donors (Lipinski definition) is 3. The Morgan fingerprint density at radius 1 is 1.29 bits per heavy atom. The van der Waals surface area contributed by atoms with Gasteiger partial charge in [-0.15, -0.1) is 0 Å². The molecule has 0 aliphatic rings. The zero-order valence-corrected chi connectivity index (χ0v) is 16.5. The van der Waals surface area contributed by atoms with Gasteiger partial charge in [0.25, 0.3) is 5.56 Å². The molecule has 1 heterocycles. The second-order valence-corrected chi connectivity index (χ2v) is 5.93. The predicted molar refractivity (Wildman–Crippen MR) is 107 cm³/mol. The quantitative estimate of drug-likeness (QED) is 0.419. The third kappa shape index (κ3) is 5.23. The Morgan fingerprint density at radius 3 is 2.50 bits per heavy atom. The van der Waals surface area contributed by atoms with Crippen LogP contribution in [-0.2, 0) is 6.42 Å². The Bertz CT molecular complexity index is 854. The van der Waals surface area contributed by atoms with Crippen LogP contribution in [0.2, 0.25) is 0 Å². The Balaban J connectivity index is 2.21. The summed E-state index contributed by atoms with van der Waals surface area (Å²) in [7, 11) is 3.11. The number of rotatable bonds is 10. The van der Waals surface area contributed by atoms with Crippen LogP contribution in [0.25, 0.3) is 0 Å². The highest BCUT2D eigenvalue weighted by molar-refractivity contribution is 5.82. The van der Waals surface area contributed by atoms with E-state index in [-0.39, 0.29) is 24.5 Å². The molecule has 0 saturated carbocycles. The van der Waals surface area contributed by atoms with Gasteiger partial charge in [-0.3, -0.25) is 9.78 Å². The first-order chi connectivity index (χ1) is 13.5. The minimum atomic E-state index is -0.306. The number of H-pyrrole nitrogens is 1. The number of nitrogens with zero attached hydrogens (tertiary/aromatic N) is 2. The van der Waals surface area contributed by atoms with Gasteiger partial charge in [-0.25, -0.2) is 10.4 Å². The average Bonchev–Trinajstić information content (AvgIpc) is 2.69. The van der Waals surface area contributed by atoms with Crippen LogP contribution in [0, 0.1) is 6.92 Å². The number of benzene rings is 1.